The Balaban J connectivity index is 1.70. The van der Waals surface area contributed by atoms with Crippen LogP contribution in [0.3, 0.4) is 0 Å². The smallest absolute Gasteiger partial charge is 0.381 e. The molecule has 0 unspecified atom stereocenters. The van der Waals surface area contributed by atoms with E-state index in [0.29, 0.717) is 12.2 Å². The molecule has 2 aromatic rings. The summed E-state index contributed by atoms with van der Waals surface area (Å²) in [7, 11) is 0. The highest BCUT2D eigenvalue weighted by Crippen LogP contribution is 2.31. The van der Waals surface area contributed by atoms with Crippen molar-refractivity contribution < 1.29 is 13.2 Å². The number of hydrogen-bond donors (Lipinski definition) is 1. The molecule has 1 aliphatic carbocycles. The molecule has 0 saturated carbocycles. The lowest BCUT2D eigenvalue weighted by molar-refractivity contribution is -0.137. The third-order valence-corrected chi connectivity index (χ3v) is 3.85. The third-order valence-electron chi connectivity index (χ3n) is 3.85. The molecule has 0 fully saturated rings. The average molecular weight is 291 g/mol. The predicted octanol–water partition coefficient (Wildman–Crippen LogP) is 4.81. The van der Waals surface area contributed by atoms with Gasteiger partial charge in [0.25, 0.3) is 0 Å². The summed E-state index contributed by atoms with van der Waals surface area (Å²) in [6.45, 7) is 0.536. The van der Waals surface area contributed by atoms with Crippen molar-refractivity contribution in [1.29, 1.82) is 0 Å². The fourth-order valence-electron chi connectivity index (χ4n) is 2.74. The lowest BCUT2D eigenvalue weighted by Crippen LogP contribution is -2.06. The summed E-state index contributed by atoms with van der Waals surface area (Å²) < 4.78 is 38.0. The first-order valence-corrected chi connectivity index (χ1v) is 7.04. The molecule has 0 saturated heterocycles. The molecule has 0 atom stereocenters. The highest BCUT2D eigenvalue weighted by molar-refractivity contribution is 5.47. The molecular formula is C17H16F3N. The maximum absolute atomic E-state index is 12.7. The van der Waals surface area contributed by atoms with E-state index in [2.05, 4.69) is 17.4 Å². The lowest BCUT2D eigenvalue weighted by atomic mass is 10.1. The van der Waals surface area contributed by atoms with E-state index >= 15 is 0 Å². The quantitative estimate of drug-likeness (QED) is 0.856. The zero-order valence-corrected chi connectivity index (χ0v) is 11.5. The predicted molar refractivity (Wildman–Crippen MR) is 77.2 cm³/mol. The van der Waals surface area contributed by atoms with Crippen LogP contribution >= 0.6 is 0 Å². The first-order chi connectivity index (χ1) is 10.0. The Morgan fingerprint density at radius 3 is 2.57 bits per heavy atom. The van der Waals surface area contributed by atoms with Gasteiger partial charge in [0.2, 0.25) is 0 Å². The van der Waals surface area contributed by atoms with Crippen molar-refractivity contribution in [3.63, 3.8) is 0 Å². The fraction of sp³-hybridized carbons (Fsp3) is 0.294. The van der Waals surface area contributed by atoms with Gasteiger partial charge < -0.3 is 5.32 Å². The minimum Gasteiger partial charge on any atom is -0.381 e. The third kappa shape index (κ3) is 3.20. The molecule has 0 heterocycles. The summed E-state index contributed by atoms with van der Waals surface area (Å²) in [5, 5.41) is 3.06. The zero-order chi connectivity index (χ0) is 14.9. The van der Waals surface area contributed by atoms with Crippen molar-refractivity contribution >= 4 is 5.69 Å². The number of anilines is 1. The second-order valence-corrected chi connectivity index (χ2v) is 5.39. The van der Waals surface area contributed by atoms with E-state index in [4.69, 9.17) is 0 Å². The van der Waals surface area contributed by atoms with Crippen LogP contribution in [-0.4, -0.2) is 0 Å². The number of aryl methyl sites for hydroxylation is 2. The molecule has 0 aliphatic heterocycles. The number of fused-ring (bicyclic) bond motifs is 1. The topological polar surface area (TPSA) is 12.0 Å². The Bertz CT molecular complexity index is 647. The largest absolute Gasteiger partial charge is 0.416 e. The molecule has 110 valence electrons. The number of rotatable bonds is 3. The molecule has 0 radical (unpaired) electrons. The molecule has 0 spiro atoms. The molecular weight excluding hydrogens is 275 g/mol. The molecule has 21 heavy (non-hydrogen) atoms. The Labute approximate surface area is 121 Å². The lowest BCUT2D eigenvalue weighted by Gasteiger charge is -2.11. The molecule has 0 bridgehead atoms. The van der Waals surface area contributed by atoms with Crippen molar-refractivity contribution in [2.75, 3.05) is 5.32 Å². The van der Waals surface area contributed by atoms with Crippen LogP contribution in [0.4, 0.5) is 18.9 Å². The summed E-state index contributed by atoms with van der Waals surface area (Å²) in [5.41, 5.74) is 3.75. The van der Waals surface area contributed by atoms with Gasteiger partial charge in [0.05, 0.1) is 5.56 Å². The number of alkyl halides is 3. The second-order valence-electron chi connectivity index (χ2n) is 5.39. The Hall–Kier alpha value is -1.97. The molecule has 2 aromatic carbocycles. The van der Waals surface area contributed by atoms with Crippen LogP contribution in [0.15, 0.2) is 42.5 Å². The minimum absolute atomic E-state index is 0.491. The van der Waals surface area contributed by atoms with Crippen LogP contribution in [0.1, 0.15) is 28.7 Å². The molecule has 1 aliphatic rings. The van der Waals surface area contributed by atoms with E-state index in [1.807, 2.05) is 6.07 Å². The second kappa shape index (κ2) is 5.43. The van der Waals surface area contributed by atoms with Gasteiger partial charge in [-0.1, -0.05) is 24.3 Å². The standard InChI is InChI=1S/C17H16F3N/c18-17(19,20)15-5-2-6-16(10-15)21-11-12-7-8-13-3-1-4-14(13)9-12/h2,5-10,21H,1,3-4,11H2. The number of hydrogen-bond acceptors (Lipinski definition) is 1. The molecule has 3 rings (SSSR count). The van der Waals surface area contributed by atoms with Crippen molar-refractivity contribution in [3.05, 3.63) is 64.7 Å². The van der Waals surface area contributed by atoms with Gasteiger partial charge in [-0.3, -0.25) is 0 Å². The van der Waals surface area contributed by atoms with Gasteiger partial charge in [-0.2, -0.15) is 13.2 Å². The zero-order valence-electron chi connectivity index (χ0n) is 11.5. The summed E-state index contributed by atoms with van der Waals surface area (Å²) >= 11 is 0. The van der Waals surface area contributed by atoms with Gasteiger partial charge in [0.1, 0.15) is 0 Å². The molecule has 1 N–H and O–H groups in total. The maximum Gasteiger partial charge on any atom is 0.416 e. The Morgan fingerprint density at radius 2 is 1.76 bits per heavy atom. The average Bonchev–Trinajstić information content (AvgIpc) is 2.92. The molecule has 4 heteroatoms. The van der Waals surface area contributed by atoms with Gasteiger partial charge in [0.15, 0.2) is 0 Å². The summed E-state index contributed by atoms with van der Waals surface area (Å²) in [6, 6.07) is 11.6. The maximum atomic E-state index is 12.7. The van der Waals surface area contributed by atoms with Crippen molar-refractivity contribution in [2.24, 2.45) is 0 Å². The summed E-state index contributed by atoms with van der Waals surface area (Å²) in [5.74, 6) is 0. The fourth-order valence-corrected chi connectivity index (χ4v) is 2.74. The van der Waals surface area contributed by atoms with E-state index in [-0.39, 0.29) is 0 Å². The summed E-state index contributed by atoms with van der Waals surface area (Å²) in [4.78, 5) is 0. The molecule has 1 nitrogen and oxygen atoms in total. The monoisotopic (exact) mass is 291 g/mol. The normalized spacial score (nSPS) is 14.0. The molecule has 0 aromatic heterocycles. The van der Waals surface area contributed by atoms with Crippen molar-refractivity contribution in [3.8, 4) is 0 Å². The first kappa shape index (κ1) is 14.0. The Morgan fingerprint density at radius 1 is 0.952 bits per heavy atom. The van der Waals surface area contributed by atoms with E-state index in [0.717, 1.165) is 30.5 Å². The van der Waals surface area contributed by atoms with E-state index in [1.54, 1.807) is 6.07 Å². The van der Waals surface area contributed by atoms with Crippen LogP contribution in [0.25, 0.3) is 0 Å². The highest BCUT2D eigenvalue weighted by Gasteiger charge is 2.30. The van der Waals surface area contributed by atoms with E-state index in [1.165, 1.54) is 23.6 Å². The van der Waals surface area contributed by atoms with Gasteiger partial charge in [0, 0.05) is 12.2 Å². The SMILES string of the molecule is FC(F)(F)c1cccc(NCc2ccc3c(c2)CCC3)c1. The Kier molecular flexibility index (Phi) is 3.62. The van der Waals surface area contributed by atoms with Gasteiger partial charge in [-0.25, -0.2) is 0 Å². The van der Waals surface area contributed by atoms with Crippen molar-refractivity contribution in [2.45, 2.75) is 32.0 Å². The summed E-state index contributed by atoms with van der Waals surface area (Å²) in [6.07, 6.45) is -0.867. The van der Waals surface area contributed by atoms with Crippen LogP contribution < -0.4 is 5.32 Å². The highest BCUT2D eigenvalue weighted by atomic mass is 19.4. The van der Waals surface area contributed by atoms with Crippen LogP contribution in [0.2, 0.25) is 0 Å². The van der Waals surface area contributed by atoms with E-state index < -0.39 is 11.7 Å². The van der Waals surface area contributed by atoms with Gasteiger partial charge in [-0.15, -0.1) is 0 Å². The van der Waals surface area contributed by atoms with Gasteiger partial charge >= 0.3 is 6.18 Å². The van der Waals surface area contributed by atoms with E-state index in [9.17, 15) is 13.2 Å². The van der Waals surface area contributed by atoms with Crippen LogP contribution in [-0.2, 0) is 25.6 Å². The van der Waals surface area contributed by atoms with Crippen LogP contribution in [0, 0.1) is 0 Å². The number of nitrogens with one attached hydrogen (secondary N) is 1. The minimum atomic E-state index is -4.30. The molecule has 0 amide bonds. The first-order valence-electron chi connectivity index (χ1n) is 7.04. The van der Waals surface area contributed by atoms with Crippen molar-refractivity contribution in [1.82, 2.24) is 0 Å². The van der Waals surface area contributed by atoms with Gasteiger partial charge in [-0.05, 0) is 54.2 Å². The van der Waals surface area contributed by atoms with Crippen LogP contribution in [0.5, 0.6) is 0 Å². The number of halogens is 3. The number of benzene rings is 2.